The van der Waals surface area contributed by atoms with Crippen molar-refractivity contribution in [1.82, 2.24) is 0 Å². The Bertz CT molecular complexity index is 984. The number of hydrogen-bond donors (Lipinski definition) is 0. The van der Waals surface area contributed by atoms with Gasteiger partial charge in [0.1, 0.15) is 5.54 Å². The molecule has 2 aromatic rings. The number of nitrogens with zero attached hydrogens (tertiary/aromatic N) is 3. The molecule has 0 atom stereocenters. The van der Waals surface area contributed by atoms with E-state index in [4.69, 9.17) is 18.8 Å². The van der Waals surface area contributed by atoms with Crippen LogP contribution in [0.4, 0.5) is 17.1 Å². The van der Waals surface area contributed by atoms with Crippen LogP contribution >= 0.6 is 12.2 Å². The zero-order valence-corrected chi connectivity index (χ0v) is 17.1. The second-order valence-electron chi connectivity index (χ2n) is 7.77. The van der Waals surface area contributed by atoms with Gasteiger partial charge in [-0.05, 0) is 68.7 Å². The molecule has 2 aliphatic rings. The third-order valence-corrected chi connectivity index (χ3v) is 6.31. The van der Waals surface area contributed by atoms with Gasteiger partial charge in [0.2, 0.25) is 0 Å². The van der Waals surface area contributed by atoms with Crippen molar-refractivity contribution in [2.45, 2.75) is 51.5 Å². The maximum atomic E-state index is 13.7. The molecule has 1 saturated heterocycles. The Morgan fingerprint density at radius 3 is 2.25 bits per heavy atom. The number of carbonyl (C=O) groups excluding carboxylic acids is 1. The molecule has 4 rings (SSSR count). The average Bonchev–Trinajstić information content (AvgIpc) is 2.90. The molecule has 1 spiro atoms. The number of aryl methyl sites for hydroxylation is 2. The minimum atomic E-state index is -0.600. The summed E-state index contributed by atoms with van der Waals surface area (Å²) < 4.78 is 0. The fraction of sp³-hybridized carbons (Fsp3) is 0.348. The minimum Gasteiger partial charge on any atom is -0.303 e. The lowest BCUT2D eigenvalue weighted by Gasteiger charge is -2.39. The van der Waals surface area contributed by atoms with Gasteiger partial charge in [-0.2, -0.15) is 0 Å². The summed E-state index contributed by atoms with van der Waals surface area (Å²) in [5.74, 6) is 0.0627. The van der Waals surface area contributed by atoms with Crippen molar-refractivity contribution in [2.24, 2.45) is 0 Å². The molecule has 1 aliphatic heterocycles. The van der Waals surface area contributed by atoms with Crippen molar-refractivity contribution in [3.8, 4) is 0 Å². The molecule has 0 aromatic heterocycles. The van der Waals surface area contributed by atoms with Crippen LogP contribution in [-0.2, 0) is 4.79 Å². The number of benzene rings is 2. The van der Waals surface area contributed by atoms with Crippen LogP contribution in [-0.4, -0.2) is 16.6 Å². The second kappa shape index (κ2) is 7.03. The summed E-state index contributed by atoms with van der Waals surface area (Å²) >= 11 is 5.86. The molecule has 1 aliphatic carbocycles. The number of hydrogen-bond acceptors (Lipinski definition) is 2. The standard InChI is InChI=1S/C23H23N3OS/c1-16-7-9-18(10-8-16)26-22(28)25(19-11-12-20(24-3)17(2)15-19)21(27)23(26)13-5-4-6-14-23/h7-12,15H,4-6,13-14H2,1-2H3. The lowest BCUT2D eigenvalue weighted by Crippen LogP contribution is -2.51. The van der Waals surface area contributed by atoms with Gasteiger partial charge in [0.15, 0.2) is 10.8 Å². The van der Waals surface area contributed by atoms with Crippen LogP contribution in [0.1, 0.15) is 43.2 Å². The third-order valence-electron chi connectivity index (χ3n) is 5.94. The van der Waals surface area contributed by atoms with Crippen LogP contribution in [0.3, 0.4) is 0 Å². The summed E-state index contributed by atoms with van der Waals surface area (Å²) in [5.41, 5.74) is 3.76. The molecule has 4 nitrogen and oxygen atoms in total. The fourth-order valence-corrected chi connectivity index (χ4v) is 4.90. The number of carbonyl (C=O) groups is 1. The van der Waals surface area contributed by atoms with Crippen molar-refractivity contribution < 1.29 is 4.79 Å². The van der Waals surface area contributed by atoms with E-state index in [1.807, 2.05) is 19.1 Å². The summed E-state index contributed by atoms with van der Waals surface area (Å²) in [7, 11) is 0. The smallest absolute Gasteiger partial charge is 0.259 e. The van der Waals surface area contributed by atoms with E-state index in [0.717, 1.165) is 49.0 Å². The van der Waals surface area contributed by atoms with Gasteiger partial charge in [-0.1, -0.05) is 43.0 Å². The highest BCUT2D eigenvalue weighted by Gasteiger charge is 2.56. The van der Waals surface area contributed by atoms with Crippen LogP contribution in [0.2, 0.25) is 0 Å². The van der Waals surface area contributed by atoms with Gasteiger partial charge in [0.05, 0.1) is 6.57 Å². The first-order valence-corrected chi connectivity index (χ1v) is 10.1. The van der Waals surface area contributed by atoms with Crippen molar-refractivity contribution in [3.63, 3.8) is 0 Å². The summed E-state index contributed by atoms with van der Waals surface area (Å²) in [6.45, 7) is 11.2. The molecule has 0 bridgehead atoms. The van der Waals surface area contributed by atoms with Crippen molar-refractivity contribution >= 4 is 40.3 Å². The topological polar surface area (TPSA) is 27.9 Å². The molecular formula is C23H23N3OS. The fourth-order valence-electron chi connectivity index (χ4n) is 4.43. The lowest BCUT2D eigenvalue weighted by molar-refractivity contribution is -0.122. The Balaban J connectivity index is 1.83. The first-order valence-electron chi connectivity index (χ1n) is 9.71. The first-order chi connectivity index (χ1) is 13.5. The highest BCUT2D eigenvalue weighted by molar-refractivity contribution is 7.81. The van der Waals surface area contributed by atoms with E-state index in [1.54, 1.807) is 11.0 Å². The van der Waals surface area contributed by atoms with Crippen LogP contribution in [0.25, 0.3) is 4.85 Å². The average molecular weight is 390 g/mol. The van der Waals surface area contributed by atoms with Crippen molar-refractivity contribution in [1.29, 1.82) is 0 Å². The predicted molar refractivity (Wildman–Crippen MR) is 117 cm³/mol. The van der Waals surface area contributed by atoms with Gasteiger partial charge in [-0.25, -0.2) is 4.85 Å². The Hall–Kier alpha value is -2.71. The molecule has 1 amide bonds. The van der Waals surface area contributed by atoms with Gasteiger partial charge >= 0.3 is 0 Å². The van der Waals surface area contributed by atoms with E-state index in [9.17, 15) is 4.79 Å². The number of anilines is 2. The van der Waals surface area contributed by atoms with Gasteiger partial charge in [0, 0.05) is 11.4 Å². The van der Waals surface area contributed by atoms with E-state index in [2.05, 4.69) is 40.9 Å². The van der Waals surface area contributed by atoms with Gasteiger partial charge in [-0.3, -0.25) is 9.69 Å². The van der Waals surface area contributed by atoms with Crippen molar-refractivity contribution in [2.75, 3.05) is 9.80 Å². The highest BCUT2D eigenvalue weighted by Crippen LogP contribution is 2.45. The summed E-state index contributed by atoms with van der Waals surface area (Å²) in [4.78, 5) is 21.0. The third kappa shape index (κ3) is 2.80. The Labute approximate surface area is 171 Å². The predicted octanol–water partition coefficient (Wildman–Crippen LogP) is 5.70. The van der Waals surface area contributed by atoms with E-state index in [0.29, 0.717) is 10.8 Å². The van der Waals surface area contributed by atoms with Crippen LogP contribution < -0.4 is 9.80 Å². The first kappa shape index (κ1) is 18.6. The SMILES string of the molecule is [C-]#[N+]c1ccc(N2C(=O)C3(CCCCC3)N(c3ccc(C)cc3)C2=S)cc1C. The van der Waals surface area contributed by atoms with Crippen LogP contribution in [0.15, 0.2) is 42.5 Å². The molecule has 0 N–H and O–H groups in total. The molecule has 1 heterocycles. The quantitative estimate of drug-likeness (QED) is 0.487. The Kier molecular flexibility index (Phi) is 4.68. The zero-order chi connectivity index (χ0) is 19.9. The number of rotatable bonds is 2. The normalized spacial score (nSPS) is 18.6. The van der Waals surface area contributed by atoms with Crippen LogP contribution in [0.5, 0.6) is 0 Å². The molecule has 2 fully saturated rings. The Morgan fingerprint density at radius 1 is 1.00 bits per heavy atom. The summed E-state index contributed by atoms with van der Waals surface area (Å²) in [5, 5.41) is 0.533. The van der Waals surface area contributed by atoms with Crippen LogP contribution in [0, 0.1) is 20.4 Å². The maximum absolute atomic E-state index is 13.7. The van der Waals surface area contributed by atoms with Gasteiger partial charge in [0.25, 0.3) is 5.91 Å². The molecule has 2 aromatic carbocycles. The summed E-state index contributed by atoms with van der Waals surface area (Å²) in [6, 6.07) is 13.7. The number of amides is 1. The van der Waals surface area contributed by atoms with E-state index < -0.39 is 5.54 Å². The second-order valence-corrected chi connectivity index (χ2v) is 8.13. The van der Waals surface area contributed by atoms with E-state index >= 15 is 0 Å². The van der Waals surface area contributed by atoms with Gasteiger partial charge < -0.3 is 4.90 Å². The van der Waals surface area contributed by atoms with Crippen molar-refractivity contribution in [3.05, 3.63) is 65.0 Å². The largest absolute Gasteiger partial charge is 0.303 e. The molecule has 1 saturated carbocycles. The molecule has 0 radical (unpaired) electrons. The highest BCUT2D eigenvalue weighted by atomic mass is 32.1. The molecule has 142 valence electrons. The molecule has 28 heavy (non-hydrogen) atoms. The monoisotopic (exact) mass is 389 g/mol. The van der Waals surface area contributed by atoms with Gasteiger partial charge in [-0.15, -0.1) is 0 Å². The van der Waals surface area contributed by atoms with E-state index in [-0.39, 0.29) is 5.91 Å². The molecule has 0 unspecified atom stereocenters. The zero-order valence-electron chi connectivity index (χ0n) is 16.2. The number of thiocarbonyl (C=S) groups is 1. The van der Waals surface area contributed by atoms with E-state index in [1.165, 1.54) is 5.56 Å². The minimum absolute atomic E-state index is 0.0627. The Morgan fingerprint density at radius 2 is 1.64 bits per heavy atom. The molecular weight excluding hydrogens is 366 g/mol. The lowest BCUT2D eigenvalue weighted by atomic mass is 9.80. The summed E-state index contributed by atoms with van der Waals surface area (Å²) in [6.07, 6.45) is 4.84. The molecule has 5 heteroatoms. The maximum Gasteiger partial charge on any atom is 0.259 e.